The van der Waals surface area contributed by atoms with Gasteiger partial charge < -0.3 is 0 Å². The molecule has 6 heteroatoms. The molecule has 0 atom stereocenters. The van der Waals surface area contributed by atoms with E-state index < -0.39 is 0 Å². The Morgan fingerprint density at radius 1 is 1.50 bits per heavy atom. The number of nitrogens with zero attached hydrogens (tertiary/aromatic N) is 3. The van der Waals surface area contributed by atoms with Gasteiger partial charge in [-0.1, -0.05) is 0 Å². The van der Waals surface area contributed by atoms with Crippen LogP contribution in [0.25, 0.3) is 0 Å². The molecule has 1 amide bonds. The number of aryl methyl sites for hydroxylation is 2. The highest BCUT2D eigenvalue weighted by Crippen LogP contribution is 2.30. The van der Waals surface area contributed by atoms with Crippen LogP contribution in [0.1, 0.15) is 51.8 Å². The summed E-state index contributed by atoms with van der Waals surface area (Å²) in [5.41, 5.74) is 6.62. The maximum absolute atomic E-state index is 12.3. The van der Waals surface area contributed by atoms with Crippen LogP contribution < -0.4 is 5.43 Å². The van der Waals surface area contributed by atoms with Crippen LogP contribution in [0.5, 0.6) is 0 Å². The Kier molecular flexibility index (Phi) is 4.38. The summed E-state index contributed by atoms with van der Waals surface area (Å²) in [6.45, 7) is 4.87. The Hall–Kier alpha value is -1.95. The van der Waals surface area contributed by atoms with Crippen LogP contribution >= 0.6 is 11.3 Å². The molecule has 0 radical (unpaired) electrons. The molecule has 22 heavy (non-hydrogen) atoms. The molecule has 0 unspecified atom stereocenters. The van der Waals surface area contributed by atoms with E-state index in [1.165, 1.54) is 23.3 Å². The number of fused-ring (bicyclic) bond motifs is 1. The summed E-state index contributed by atoms with van der Waals surface area (Å²) in [5.74, 6) is -0.115. The third kappa shape index (κ3) is 2.83. The predicted molar refractivity (Wildman–Crippen MR) is 88.7 cm³/mol. The lowest BCUT2D eigenvalue weighted by Crippen LogP contribution is -2.19. The number of hydrogen-bond donors (Lipinski definition) is 1. The number of amides is 1. The van der Waals surface area contributed by atoms with E-state index >= 15 is 0 Å². The van der Waals surface area contributed by atoms with E-state index in [-0.39, 0.29) is 5.91 Å². The first-order valence-electron chi connectivity index (χ1n) is 7.65. The number of thiophene rings is 1. The Bertz CT molecular complexity index is 714. The van der Waals surface area contributed by atoms with Crippen LogP contribution in [-0.2, 0) is 19.4 Å². The van der Waals surface area contributed by atoms with Crippen molar-refractivity contribution < 1.29 is 4.79 Å². The van der Waals surface area contributed by atoms with Crippen molar-refractivity contribution in [1.82, 2.24) is 15.2 Å². The molecule has 2 aromatic rings. The van der Waals surface area contributed by atoms with E-state index in [1.807, 2.05) is 23.9 Å². The van der Waals surface area contributed by atoms with Crippen molar-refractivity contribution in [1.29, 1.82) is 0 Å². The van der Waals surface area contributed by atoms with Crippen LogP contribution in [-0.4, -0.2) is 21.9 Å². The SMILES string of the molecule is CCn1ncc(C=NNC(=O)c2csc3c2CCCC3)c1C. The van der Waals surface area contributed by atoms with Gasteiger partial charge in [-0.05, 0) is 45.1 Å². The Morgan fingerprint density at radius 2 is 2.32 bits per heavy atom. The molecular formula is C16H20N4OS. The van der Waals surface area contributed by atoms with E-state index in [1.54, 1.807) is 23.7 Å². The van der Waals surface area contributed by atoms with E-state index in [2.05, 4.69) is 15.6 Å². The minimum absolute atomic E-state index is 0.115. The maximum atomic E-state index is 12.3. The first-order chi connectivity index (χ1) is 10.7. The molecule has 2 heterocycles. The number of aromatic nitrogens is 2. The molecule has 0 bridgehead atoms. The van der Waals surface area contributed by atoms with Crippen LogP contribution in [0.3, 0.4) is 0 Å². The zero-order chi connectivity index (χ0) is 15.5. The van der Waals surface area contributed by atoms with Gasteiger partial charge in [0.05, 0.1) is 18.0 Å². The second kappa shape index (κ2) is 6.44. The van der Waals surface area contributed by atoms with Gasteiger partial charge in [0.2, 0.25) is 0 Å². The number of carbonyl (C=O) groups excluding carboxylic acids is 1. The van der Waals surface area contributed by atoms with Gasteiger partial charge in [0.15, 0.2) is 0 Å². The topological polar surface area (TPSA) is 59.3 Å². The van der Waals surface area contributed by atoms with Crippen molar-refractivity contribution in [3.05, 3.63) is 38.8 Å². The smallest absolute Gasteiger partial charge is 0.269 e. The monoisotopic (exact) mass is 316 g/mol. The molecule has 0 aliphatic heterocycles. The minimum atomic E-state index is -0.115. The van der Waals surface area contributed by atoms with Gasteiger partial charge >= 0.3 is 0 Å². The van der Waals surface area contributed by atoms with Crippen molar-refractivity contribution in [2.24, 2.45) is 5.10 Å². The average molecular weight is 316 g/mol. The summed E-state index contributed by atoms with van der Waals surface area (Å²) in [5, 5.41) is 10.3. The molecule has 2 aromatic heterocycles. The Morgan fingerprint density at radius 3 is 3.09 bits per heavy atom. The number of rotatable bonds is 4. The second-order valence-corrected chi connectivity index (χ2v) is 6.42. The Labute approximate surface area is 134 Å². The minimum Gasteiger partial charge on any atom is -0.269 e. The van der Waals surface area contributed by atoms with Crippen molar-refractivity contribution in [3.63, 3.8) is 0 Å². The van der Waals surface area contributed by atoms with Gasteiger partial charge in [-0.25, -0.2) is 5.43 Å². The van der Waals surface area contributed by atoms with Gasteiger partial charge in [-0.15, -0.1) is 11.3 Å². The van der Waals surface area contributed by atoms with E-state index in [9.17, 15) is 4.79 Å². The molecule has 116 valence electrons. The molecule has 0 spiro atoms. The van der Waals surface area contributed by atoms with Crippen LogP contribution in [0.2, 0.25) is 0 Å². The largest absolute Gasteiger partial charge is 0.272 e. The number of hydrogen-bond acceptors (Lipinski definition) is 4. The lowest BCUT2D eigenvalue weighted by Gasteiger charge is -2.11. The van der Waals surface area contributed by atoms with E-state index in [0.717, 1.165) is 36.2 Å². The predicted octanol–water partition coefficient (Wildman–Crippen LogP) is 2.92. The second-order valence-electron chi connectivity index (χ2n) is 5.46. The number of carbonyl (C=O) groups is 1. The molecule has 0 saturated carbocycles. The third-order valence-corrected chi connectivity index (χ3v) is 5.20. The van der Waals surface area contributed by atoms with Crippen LogP contribution in [0.4, 0.5) is 0 Å². The molecular weight excluding hydrogens is 296 g/mol. The molecule has 1 aliphatic carbocycles. The summed E-state index contributed by atoms with van der Waals surface area (Å²) in [6, 6.07) is 0. The normalized spacial score (nSPS) is 14.3. The van der Waals surface area contributed by atoms with E-state index in [4.69, 9.17) is 0 Å². The lowest BCUT2D eigenvalue weighted by molar-refractivity contribution is 0.0954. The zero-order valence-electron chi connectivity index (χ0n) is 12.9. The van der Waals surface area contributed by atoms with Crippen molar-refractivity contribution in [2.45, 2.75) is 46.1 Å². The molecule has 0 saturated heterocycles. The quantitative estimate of drug-likeness (QED) is 0.696. The highest BCUT2D eigenvalue weighted by atomic mass is 32.1. The highest BCUT2D eigenvalue weighted by molar-refractivity contribution is 7.10. The highest BCUT2D eigenvalue weighted by Gasteiger charge is 2.19. The summed E-state index contributed by atoms with van der Waals surface area (Å²) >= 11 is 1.69. The fraction of sp³-hybridized carbons (Fsp3) is 0.438. The number of hydrazone groups is 1. The van der Waals surface area contributed by atoms with Gasteiger partial charge in [0.1, 0.15) is 0 Å². The lowest BCUT2D eigenvalue weighted by atomic mass is 9.96. The molecule has 1 aliphatic rings. The molecule has 3 rings (SSSR count). The molecule has 1 N–H and O–H groups in total. The molecule has 5 nitrogen and oxygen atoms in total. The van der Waals surface area contributed by atoms with Crippen LogP contribution in [0, 0.1) is 6.92 Å². The summed E-state index contributed by atoms with van der Waals surface area (Å²) in [7, 11) is 0. The summed E-state index contributed by atoms with van der Waals surface area (Å²) in [4.78, 5) is 13.6. The van der Waals surface area contributed by atoms with Gasteiger partial charge in [-0.3, -0.25) is 9.48 Å². The summed E-state index contributed by atoms with van der Waals surface area (Å²) in [6.07, 6.45) is 7.93. The summed E-state index contributed by atoms with van der Waals surface area (Å²) < 4.78 is 1.90. The first kappa shape index (κ1) is 15.0. The van der Waals surface area contributed by atoms with Gasteiger partial charge in [-0.2, -0.15) is 10.2 Å². The van der Waals surface area contributed by atoms with Crippen LogP contribution in [0.15, 0.2) is 16.7 Å². The van der Waals surface area contributed by atoms with Crippen molar-refractivity contribution in [2.75, 3.05) is 0 Å². The maximum Gasteiger partial charge on any atom is 0.272 e. The van der Waals surface area contributed by atoms with Gasteiger partial charge in [0, 0.05) is 28.1 Å². The van der Waals surface area contributed by atoms with Gasteiger partial charge in [0.25, 0.3) is 5.91 Å². The average Bonchev–Trinajstić information content (AvgIpc) is 3.11. The zero-order valence-corrected chi connectivity index (χ0v) is 13.7. The first-order valence-corrected chi connectivity index (χ1v) is 8.53. The molecule has 0 fully saturated rings. The number of nitrogens with one attached hydrogen (secondary N) is 1. The van der Waals surface area contributed by atoms with E-state index in [0.29, 0.717) is 0 Å². The Balaban J connectivity index is 1.68. The fourth-order valence-corrected chi connectivity index (χ4v) is 3.94. The fourth-order valence-electron chi connectivity index (χ4n) is 2.81. The molecule has 0 aromatic carbocycles. The third-order valence-electron chi connectivity index (χ3n) is 4.12. The van der Waals surface area contributed by atoms with Crippen molar-refractivity contribution in [3.8, 4) is 0 Å². The van der Waals surface area contributed by atoms with Crippen molar-refractivity contribution >= 4 is 23.5 Å². The standard InChI is InChI=1S/C16H20N4OS/c1-3-20-11(2)12(9-18-20)8-17-19-16(21)14-10-22-15-7-5-4-6-13(14)15/h8-10H,3-7H2,1-2H3,(H,19,21).